The number of hydrogen-bond acceptors (Lipinski definition) is 5. The van der Waals surface area contributed by atoms with Gasteiger partial charge in [-0.25, -0.2) is 0 Å². The Morgan fingerprint density at radius 3 is 3.00 bits per heavy atom. The van der Waals surface area contributed by atoms with Crippen molar-refractivity contribution in [1.82, 2.24) is 20.1 Å². The van der Waals surface area contributed by atoms with E-state index in [-0.39, 0.29) is 5.91 Å². The number of rotatable bonds is 8. The molecule has 0 aromatic carbocycles. The highest BCUT2D eigenvalue weighted by molar-refractivity contribution is 5.78. The third-order valence-electron chi connectivity index (χ3n) is 4.01. The second kappa shape index (κ2) is 8.70. The lowest BCUT2D eigenvalue weighted by Gasteiger charge is -2.20. The highest BCUT2D eigenvalue weighted by Crippen LogP contribution is 2.12. The van der Waals surface area contributed by atoms with E-state index in [0.29, 0.717) is 19.1 Å². The molecule has 6 heteroatoms. The summed E-state index contributed by atoms with van der Waals surface area (Å²) in [6.45, 7) is 4.05. The number of hydrogen-bond donors (Lipinski definition) is 2. The zero-order valence-corrected chi connectivity index (χ0v) is 13.6. The Bertz CT molecular complexity index is 451. The van der Waals surface area contributed by atoms with Crippen LogP contribution in [0, 0.1) is 0 Å². The number of pyridine rings is 1. The molecule has 122 valence electrons. The van der Waals surface area contributed by atoms with Crippen molar-refractivity contribution in [3.63, 3.8) is 0 Å². The van der Waals surface area contributed by atoms with E-state index in [1.165, 1.54) is 0 Å². The average Bonchev–Trinajstić information content (AvgIpc) is 2.96. The lowest BCUT2D eigenvalue weighted by atomic mass is 10.2. The molecule has 1 amide bonds. The number of likely N-dealkylation sites (tertiary alicyclic amines) is 1. The first-order valence-electron chi connectivity index (χ1n) is 7.94. The van der Waals surface area contributed by atoms with Crippen molar-refractivity contribution >= 4 is 11.6 Å². The van der Waals surface area contributed by atoms with Crippen molar-refractivity contribution < 1.29 is 4.79 Å². The monoisotopic (exact) mass is 305 g/mol. The number of carbonyl (C=O) groups is 1. The maximum Gasteiger partial charge on any atom is 0.234 e. The minimum Gasteiger partial charge on any atom is -0.384 e. The van der Waals surface area contributed by atoms with Crippen molar-refractivity contribution in [2.75, 3.05) is 52.1 Å². The molecule has 0 bridgehead atoms. The predicted octanol–water partition coefficient (Wildman–Crippen LogP) is 0.636. The molecule has 6 nitrogen and oxygen atoms in total. The molecule has 0 saturated carbocycles. The maximum atomic E-state index is 11.9. The quantitative estimate of drug-likeness (QED) is 0.690. The first kappa shape index (κ1) is 16.7. The number of likely N-dealkylation sites (N-methyl/N-ethyl adjacent to an activating group) is 1. The highest BCUT2D eigenvalue weighted by atomic mass is 16.2. The van der Waals surface area contributed by atoms with Crippen molar-refractivity contribution in [3.8, 4) is 0 Å². The zero-order valence-electron chi connectivity index (χ0n) is 13.6. The Labute approximate surface area is 132 Å². The van der Waals surface area contributed by atoms with Gasteiger partial charge >= 0.3 is 0 Å². The molecule has 1 aromatic heterocycles. The average molecular weight is 305 g/mol. The molecule has 1 aliphatic heterocycles. The molecule has 1 aliphatic rings. The van der Waals surface area contributed by atoms with Crippen LogP contribution in [-0.4, -0.2) is 73.6 Å². The minimum atomic E-state index is 0.126. The number of carbonyl (C=O) groups excluding carboxylic acids is 1. The maximum absolute atomic E-state index is 11.9. The zero-order chi connectivity index (χ0) is 15.8. The van der Waals surface area contributed by atoms with Crippen LogP contribution in [0.5, 0.6) is 0 Å². The van der Waals surface area contributed by atoms with Crippen molar-refractivity contribution in [2.45, 2.75) is 18.9 Å². The topological polar surface area (TPSA) is 60.5 Å². The molecule has 0 radical (unpaired) electrons. The van der Waals surface area contributed by atoms with Gasteiger partial charge in [0, 0.05) is 44.6 Å². The van der Waals surface area contributed by atoms with Crippen LogP contribution in [0.3, 0.4) is 0 Å². The van der Waals surface area contributed by atoms with E-state index in [2.05, 4.69) is 39.5 Å². The second-order valence-electron chi connectivity index (χ2n) is 6.01. The summed E-state index contributed by atoms with van der Waals surface area (Å²) in [5.74, 6) is 0.126. The van der Waals surface area contributed by atoms with E-state index >= 15 is 0 Å². The molecular weight excluding hydrogens is 278 g/mol. The first-order chi connectivity index (χ1) is 10.6. The van der Waals surface area contributed by atoms with Crippen LogP contribution in [0.4, 0.5) is 5.69 Å². The third-order valence-corrected chi connectivity index (χ3v) is 4.01. The summed E-state index contributed by atoms with van der Waals surface area (Å²) in [6, 6.07) is 4.47. The summed E-state index contributed by atoms with van der Waals surface area (Å²) in [4.78, 5) is 20.4. The lowest BCUT2D eigenvalue weighted by Crippen LogP contribution is -2.38. The fourth-order valence-electron chi connectivity index (χ4n) is 2.65. The van der Waals surface area contributed by atoms with Gasteiger partial charge in [-0.2, -0.15) is 0 Å². The van der Waals surface area contributed by atoms with Gasteiger partial charge in [0.25, 0.3) is 0 Å². The van der Waals surface area contributed by atoms with Gasteiger partial charge in [0.1, 0.15) is 0 Å². The molecule has 0 aliphatic carbocycles. The lowest BCUT2D eigenvalue weighted by molar-refractivity contribution is -0.122. The second-order valence-corrected chi connectivity index (χ2v) is 6.01. The van der Waals surface area contributed by atoms with Crippen LogP contribution in [0.25, 0.3) is 0 Å². The Kier molecular flexibility index (Phi) is 6.61. The highest BCUT2D eigenvalue weighted by Gasteiger charge is 2.24. The summed E-state index contributed by atoms with van der Waals surface area (Å²) in [7, 11) is 4.20. The van der Waals surface area contributed by atoms with E-state index in [1.54, 1.807) is 12.4 Å². The van der Waals surface area contributed by atoms with Gasteiger partial charge in [0.05, 0.1) is 12.2 Å². The fourth-order valence-corrected chi connectivity index (χ4v) is 2.65. The molecule has 0 spiro atoms. The molecule has 2 rings (SSSR count). The van der Waals surface area contributed by atoms with Crippen LogP contribution >= 0.6 is 0 Å². The molecule has 1 atom stereocenters. The minimum absolute atomic E-state index is 0.126. The summed E-state index contributed by atoms with van der Waals surface area (Å²) in [6.07, 6.45) is 5.61. The van der Waals surface area contributed by atoms with E-state index in [4.69, 9.17) is 0 Å². The molecule has 1 aromatic rings. The SMILES string of the molecule is CN(C)C1CCN(CC(=O)NCCCNc2cccnc2)C1. The number of nitrogens with one attached hydrogen (secondary N) is 2. The molecule has 2 heterocycles. The summed E-state index contributed by atoms with van der Waals surface area (Å²) in [5, 5.41) is 6.27. The normalized spacial score (nSPS) is 18.6. The summed E-state index contributed by atoms with van der Waals surface area (Å²) in [5.41, 5.74) is 1.01. The van der Waals surface area contributed by atoms with Gasteiger partial charge < -0.3 is 15.5 Å². The van der Waals surface area contributed by atoms with Gasteiger partial charge in [0.15, 0.2) is 0 Å². The number of amides is 1. The van der Waals surface area contributed by atoms with Gasteiger partial charge in [-0.3, -0.25) is 14.7 Å². The molecule has 1 fully saturated rings. The molecule has 1 saturated heterocycles. The largest absolute Gasteiger partial charge is 0.384 e. The van der Waals surface area contributed by atoms with Gasteiger partial charge in [0.2, 0.25) is 5.91 Å². The third kappa shape index (κ3) is 5.61. The summed E-state index contributed by atoms with van der Waals surface area (Å²) >= 11 is 0. The van der Waals surface area contributed by atoms with Crippen molar-refractivity contribution in [2.24, 2.45) is 0 Å². The van der Waals surface area contributed by atoms with Crippen molar-refractivity contribution in [1.29, 1.82) is 0 Å². The van der Waals surface area contributed by atoms with Gasteiger partial charge in [-0.1, -0.05) is 0 Å². The first-order valence-corrected chi connectivity index (χ1v) is 7.94. The van der Waals surface area contributed by atoms with Crippen LogP contribution in [-0.2, 0) is 4.79 Å². The van der Waals surface area contributed by atoms with Crippen LogP contribution < -0.4 is 10.6 Å². The van der Waals surface area contributed by atoms with E-state index in [0.717, 1.165) is 38.2 Å². The van der Waals surface area contributed by atoms with Crippen LogP contribution in [0.1, 0.15) is 12.8 Å². The molecule has 2 N–H and O–H groups in total. The predicted molar refractivity (Wildman–Crippen MR) is 88.9 cm³/mol. The number of nitrogens with zero attached hydrogens (tertiary/aromatic N) is 3. The Morgan fingerprint density at radius 2 is 2.32 bits per heavy atom. The van der Waals surface area contributed by atoms with E-state index < -0.39 is 0 Å². The molecular formula is C16H27N5O. The van der Waals surface area contributed by atoms with Crippen LogP contribution in [0.15, 0.2) is 24.5 Å². The van der Waals surface area contributed by atoms with Crippen LogP contribution in [0.2, 0.25) is 0 Å². The number of anilines is 1. The molecule has 1 unspecified atom stereocenters. The van der Waals surface area contributed by atoms with Gasteiger partial charge in [-0.15, -0.1) is 0 Å². The van der Waals surface area contributed by atoms with E-state index in [1.807, 2.05) is 12.1 Å². The van der Waals surface area contributed by atoms with E-state index in [9.17, 15) is 4.79 Å². The summed E-state index contributed by atoms with van der Waals surface area (Å²) < 4.78 is 0. The molecule has 22 heavy (non-hydrogen) atoms. The van der Waals surface area contributed by atoms with Gasteiger partial charge in [-0.05, 0) is 39.1 Å². The Morgan fingerprint density at radius 1 is 1.45 bits per heavy atom. The van der Waals surface area contributed by atoms with Crippen molar-refractivity contribution in [3.05, 3.63) is 24.5 Å². The Balaban J connectivity index is 1.53. The fraction of sp³-hybridized carbons (Fsp3) is 0.625. The number of aromatic nitrogens is 1. The standard InChI is InChI=1S/C16H27N5O/c1-20(2)15-6-10-21(12-15)13-16(22)19-9-4-8-18-14-5-3-7-17-11-14/h3,5,7,11,15,18H,4,6,8-10,12-13H2,1-2H3,(H,19,22). The Hall–Kier alpha value is -1.66. The smallest absolute Gasteiger partial charge is 0.234 e.